The summed E-state index contributed by atoms with van der Waals surface area (Å²) in [5, 5.41) is 0. The van der Waals surface area contributed by atoms with Gasteiger partial charge >= 0.3 is 0 Å². The summed E-state index contributed by atoms with van der Waals surface area (Å²) in [7, 11) is 0. The van der Waals surface area contributed by atoms with Crippen molar-refractivity contribution in [1.82, 2.24) is 4.98 Å². The molecule has 1 aliphatic rings. The number of aromatic nitrogens is 1. The van der Waals surface area contributed by atoms with Gasteiger partial charge in [0.25, 0.3) is 0 Å². The highest BCUT2D eigenvalue weighted by atomic mass is 16.5. The van der Waals surface area contributed by atoms with Crippen LogP contribution in [0.1, 0.15) is 11.5 Å². The van der Waals surface area contributed by atoms with E-state index in [0.717, 1.165) is 24.5 Å². The highest BCUT2D eigenvalue weighted by Crippen LogP contribution is 2.13. The molecule has 0 fully saturated rings. The molecule has 0 radical (unpaired) electrons. The lowest BCUT2D eigenvalue weighted by atomic mass is 10.2. The van der Waals surface area contributed by atoms with Gasteiger partial charge in [-0.1, -0.05) is 0 Å². The van der Waals surface area contributed by atoms with Crippen molar-refractivity contribution in [2.45, 2.75) is 13.0 Å². The second kappa shape index (κ2) is 1.84. The second-order valence-corrected chi connectivity index (χ2v) is 2.02. The van der Waals surface area contributed by atoms with Crippen molar-refractivity contribution in [3.8, 4) is 0 Å². The number of rotatable bonds is 0. The van der Waals surface area contributed by atoms with Crippen LogP contribution in [-0.4, -0.2) is 11.6 Å². The molecule has 9 heavy (non-hydrogen) atoms. The maximum absolute atomic E-state index is 5.12. The molecule has 0 spiro atoms. The van der Waals surface area contributed by atoms with E-state index in [4.69, 9.17) is 9.15 Å². The fourth-order valence-electron chi connectivity index (χ4n) is 0.949. The highest BCUT2D eigenvalue weighted by Gasteiger charge is 2.12. The lowest BCUT2D eigenvalue weighted by Crippen LogP contribution is -2.07. The van der Waals surface area contributed by atoms with Crippen LogP contribution in [0.2, 0.25) is 0 Å². The van der Waals surface area contributed by atoms with Crippen LogP contribution in [0.15, 0.2) is 10.8 Å². The number of hydrogen-bond donors (Lipinski definition) is 0. The summed E-state index contributed by atoms with van der Waals surface area (Å²) in [6.45, 7) is 1.37. The third-order valence-corrected chi connectivity index (χ3v) is 1.44. The third-order valence-electron chi connectivity index (χ3n) is 1.44. The monoisotopic (exact) mass is 125 g/mol. The van der Waals surface area contributed by atoms with Crippen LogP contribution in [0.25, 0.3) is 0 Å². The van der Waals surface area contributed by atoms with E-state index in [1.807, 2.05) is 0 Å². The average molecular weight is 125 g/mol. The van der Waals surface area contributed by atoms with Crippen LogP contribution < -0.4 is 0 Å². The molecular formula is C6H7NO2. The highest BCUT2D eigenvalue weighted by molar-refractivity contribution is 5.07. The molecular weight excluding hydrogens is 118 g/mol. The number of fused-ring (bicyclic) bond motifs is 1. The maximum atomic E-state index is 5.12. The first-order valence-corrected chi connectivity index (χ1v) is 2.96. The lowest BCUT2D eigenvalue weighted by Gasteiger charge is -2.07. The standard InChI is InChI=1S/C6H7NO2/c1-2-8-3-6-5(1)7-4-9-6/h4H,1-3H2. The zero-order valence-corrected chi connectivity index (χ0v) is 4.96. The van der Waals surface area contributed by atoms with Gasteiger partial charge in [-0.05, 0) is 0 Å². The fraction of sp³-hybridized carbons (Fsp3) is 0.500. The first-order valence-electron chi connectivity index (χ1n) is 2.96. The van der Waals surface area contributed by atoms with Gasteiger partial charge in [-0.25, -0.2) is 4.98 Å². The molecule has 3 nitrogen and oxygen atoms in total. The van der Waals surface area contributed by atoms with Crippen LogP contribution >= 0.6 is 0 Å². The van der Waals surface area contributed by atoms with Gasteiger partial charge in [0.15, 0.2) is 12.2 Å². The fourth-order valence-corrected chi connectivity index (χ4v) is 0.949. The van der Waals surface area contributed by atoms with Crippen LogP contribution in [0.4, 0.5) is 0 Å². The molecule has 1 aromatic rings. The molecule has 0 saturated heterocycles. The van der Waals surface area contributed by atoms with Crippen LogP contribution in [0.5, 0.6) is 0 Å². The van der Waals surface area contributed by atoms with Crippen LogP contribution in [-0.2, 0) is 17.8 Å². The van der Waals surface area contributed by atoms with Gasteiger partial charge in [0.1, 0.15) is 6.61 Å². The van der Waals surface area contributed by atoms with Crippen LogP contribution in [0.3, 0.4) is 0 Å². The van der Waals surface area contributed by atoms with Crippen molar-refractivity contribution in [1.29, 1.82) is 0 Å². The predicted octanol–water partition coefficient (Wildman–Crippen LogP) is 0.747. The Morgan fingerprint density at radius 1 is 1.56 bits per heavy atom. The summed E-state index contributed by atoms with van der Waals surface area (Å²) in [6, 6.07) is 0. The number of nitrogens with zero attached hydrogens (tertiary/aromatic N) is 1. The Bertz CT molecular complexity index is 186. The van der Waals surface area contributed by atoms with Gasteiger partial charge in [-0.3, -0.25) is 0 Å². The zero-order valence-electron chi connectivity index (χ0n) is 4.96. The lowest BCUT2D eigenvalue weighted by molar-refractivity contribution is 0.0935. The average Bonchev–Trinajstić information content (AvgIpc) is 2.33. The summed E-state index contributed by atoms with van der Waals surface area (Å²) < 4.78 is 10.1. The van der Waals surface area contributed by atoms with E-state index in [9.17, 15) is 0 Å². The summed E-state index contributed by atoms with van der Waals surface area (Å²) in [4.78, 5) is 4.01. The minimum atomic E-state index is 0.593. The molecule has 0 atom stereocenters. The van der Waals surface area contributed by atoms with Gasteiger partial charge in [0.2, 0.25) is 0 Å². The Labute approximate surface area is 52.6 Å². The smallest absolute Gasteiger partial charge is 0.181 e. The molecule has 1 aromatic heterocycles. The molecule has 0 amide bonds. The van der Waals surface area contributed by atoms with Gasteiger partial charge in [0.05, 0.1) is 12.3 Å². The number of ether oxygens (including phenoxy) is 1. The quantitative estimate of drug-likeness (QED) is 0.513. The molecule has 2 heterocycles. The molecule has 0 bridgehead atoms. The van der Waals surface area contributed by atoms with E-state index in [1.54, 1.807) is 0 Å². The Morgan fingerprint density at radius 2 is 2.56 bits per heavy atom. The van der Waals surface area contributed by atoms with E-state index in [-0.39, 0.29) is 0 Å². The van der Waals surface area contributed by atoms with Crippen molar-refractivity contribution < 1.29 is 9.15 Å². The largest absolute Gasteiger partial charge is 0.446 e. The normalized spacial score (nSPS) is 17.3. The zero-order chi connectivity index (χ0) is 6.10. The molecule has 1 aliphatic heterocycles. The van der Waals surface area contributed by atoms with Crippen LogP contribution in [0, 0.1) is 0 Å². The molecule has 2 rings (SSSR count). The van der Waals surface area contributed by atoms with Gasteiger partial charge in [-0.15, -0.1) is 0 Å². The van der Waals surface area contributed by atoms with E-state index in [2.05, 4.69) is 4.98 Å². The van der Waals surface area contributed by atoms with Gasteiger partial charge < -0.3 is 9.15 Å². The van der Waals surface area contributed by atoms with Gasteiger partial charge in [0, 0.05) is 6.42 Å². The van der Waals surface area contributed by atoms with E-state index >= 15 is 0 Å². The van der Waals surface area contributed by atoms with Gasteiger partial charge in [-0.2, -0.15) is 0 Å². The third kappa shape index (κ3) is 0.733. The van der Waals surface area contributed by atoms with E-state index in [1.165, 1.54) is 6.39 Å². The Hall–Kier alpha value is -0.830. The molecule has 3 heteroatoms. The summed E-state index contributed by atoms with van der Waals surface area (Å²) in [6.07, 6.45) is 2.37. The van der Waals surface area contributed by atoms with Crippen molar-refractivity contribution in [3.63, 3.8) is 0 Å². The minimum Gasteiger partial charge on any atom is -0.446 e. The SMILES string of the molecule is c1nc2c(o1)COCC2. The Kier molecular flexibility index (Phi) is 1.02. The second-order valence-electron chi connectivity index (χ2n) is 2.02. The van der Waals surface area contributed by atoms with Crippen molar-refractivity contribution >= 4 is 0 Å². The Balaban J connectivity index is 2.39. The molecule has 48 valence electrons. The molecule has 0 saturated carbocycles. The van der Waals surface area contributed by atoms with Crippen molar-refractivity contribution in [2.75, 3.05) is 6.61 Å². The molecule has 0 aromatic carbocycles. The van der Waals surface area contributed by atoms with E-state index in [0.29, 0.717) is 6.61 Å². The Morgan fingerprint density at radius 3 is 3.44 bits per heavy atom. The molecule has 0 aliphatic carbocycles. The van der Waals surface area contributed by atoms with E-state index < -0.39 is 0 Å². The summed E-state index contributed by atoms with van der Waals surface area (Å²) >= 11 is 0. The molecule has 0 unspecified atom stereocenters. The van der Waals surface area contributed by atoms with Crippen molar-refractivity contribution in [3.05, 3.63) is 17.8 Å². The molecule has 0 N–H and O–H groups in total. The summed E-state index contributed by atoms with van der Waals surface area (Å²) in [5.41, 5.74) is 1.06. The topological polar surface area (TPSA) is 35.3 Å². The number of oxazole rings is 1. The summed E-state index contributed by atoms with van der Waals surface area (Å²) in [5.74, 6) is 0.890. The first-order chi connectivity index (χ1) is 4.47. The van der Waals surface area contributed by atoms with Crippen molar-refractivity contribution in [2.24, 2.45) is 0 Å². The minimum absolute atomic E-state index is 0.593. The first kappa shape index (κ1) is 4.99. The predicted molar refractivity (Wildman–Crippen MR) is 29.9 cm³/mol. The maximum Gasteiger partial charge on any atom is 0.181 e. The number of hydrogen-bond acceptors (Lipinski definition) is 3.